The van der Waals surface area contributed by atoms with Crippen molar-refractivity contribution >= 4 is 28.5 Å². The zero-order valence-electron chi connectivity index (χ0n) is 16.5. The highest BCUT2D eigenvalue weighted by atomic mass is 35.5. The summed E-state index contributed by atoms with van der Waals surface area (Å²) in [5.74, 6) is 2.84. The van der Waals surface area contributed by atoms with Gasteiger partial charge in [0.2, 0.25) is 5.91 Å². The first-order chi connectivity index (χ1) is 14.0. The summed E-state index contributed by atoms with van der Waals surface area (Å²) in [4.78, 5) is 11.2. The number of carbonyl (C=O) groups excluding carboxylic acids is 1. The highest BCUT2D eigenvalue weighted by molar-refractivity contribution is 6.31. The van der Waals surface area contributed by atoms with E-state index in [9.17, 15) is 4.79 Å². The minimum atomic E-state index is -0.191. The predicted octanol–water partition coefficient (Wildman–Crippen LogP) is 5.65. The molecule has 1 saturated carbocycles. The van der Waals surface area contributed by atoms with E-state index < -0.39 is 0 Å². The van der Waals surface area contributed by atoms with E-state index in [0.29, 0.717) is 23.3 Å². The highest BCUT2D eigenvalue weighted by Gasteiger charge is 2.22. The molecule has 4 rings (SSSR count). The third-order valence-electron chi connectivity index (χ3n) is 4.95. The molecule has 0 aliphatic heterocycles. The maximum atomic E-state index is 11.2. The standard InChI is InChI=1S/C23H24ClNO4/c1-14(25-15(2)26)23-10-18-9-19(7-8-22(18)29-23)28-13-17-5-6-20(11-21(17)24)27-12-16-3-4-16/h5-11,14,16H,3-4,12-13H2,1-2H3,(H,25,26). The molecule has 1 aromatic heterocycles. The molecule has 1 aliphatic carbocycles. The van der Waals surface area contributed by atoms with Crippen LogP contribution in [0.3, 0.4) is 0 Å². The highest BCUT2D eigenvalue weighted by Crippen LogP contribution is 2.31. The largest absolute Gasteiger partial charge is 0.493 e. The van der Waals surface area contributed by atoms with Crippen LogP contribution >= 0.6 is 11.6 Å². The molecule has 1 N–H and O–H groups in total. The van der Waals surface area contributed by atoms with Gasteiger partial charge in [0.05, 0.1) is 17.7 Å². The molecule has 3 aromatic rings. The Balaban J connectivity index is 1.40. The van der Waals surface area contributed by atoms with Gasteiger partial charge in [0.1, 0.15) is 29.4 Å². The van der Waals surface area contributed by atoms with Gasteiger partial charge in [-0.25, -0.2) is 0 Å². The van der Waals surface area contributed by atoms with E-state index in [1.54, 1.807) is 0 Å². The van der Waals surface area contributed by atoms with Crippen molar-refractivity contribution in [2.75, 3.05) is 6.61 Å². The van der Waals surface area contributed by atoms with Crippen LogP contribution < -0.4 is 14.8 Å². The number of fused-ring (bicyclic) bond motifs is 1. The van der Waals surface area contributed by atoms with Gasteiger partial charge in [0.25, 0.3) is 0 Å². The Morgan fingerprint density at radius 3 is 2.66 bits per heavy atom. The van der Waals surface area contributed by atoms with Crippen LogP contribution in [0.1, 0.15) is 44.1 Å². The van der Waals surface area contributed by atoms with Gasteiger partial charge in [-0.2, -0.15) is 0 Å². The summed E-state index contributed by atoms with van der Waals surface area (Å²) in [5.41, 5.74) is 1.65. The van der Waals surface area contributed by atoms with Gasteiger partial charge < -0.3 is 19.2 Å². The van der Waals surface area contributed by atoms with E-state index in [0.717, 1.165) is 34.6 Å². The molecule has 1 amide bonds. The Morgan fingerprint density at radius 1 is 1.17 bits per heavy atom. The number of furan rings is 1. The fraction of sp³-hybridized carbons (Fsp3) is 0.348. The predicted molar refractivity (Wildman–Crippen MR) is 112 cm³/mol. The van der Waals surface area contributed by atoms with Crippen molar-refractivity contribution in [1.29, 1.82) is 0 Å². The molecule has 5 nitrogen and oxygen atoms in total. The second-order valence-corrected chi connectivity index (χ2v) is 7.97. The van der Waals surface area contributed by atoms with Crippen LogP contribution in [0.5, 0.6) is 11.5 Å². The maximum Gasteiger partial charge on any atom is 0.217 e. The van der Waals surface area contributed by atoms with Gasteiger partial charge in [-0.1, -0.05) is 17.7 Å². The number of benzene rings is 2. The smallest absolute Gasteiger partial charge is 0.217 e. The Morgan fingerprint density at radius 2 is 1.93 bits per heavy atom. The fourth-order valence-electron chi connectivity index (χ4n) is 3.12. The lowest BCUT2D eigenvalue weighted by Crippen LogP contribution is -2.23. The van der Waals surface area contributed by atoms with E-state index in [-0.39, 0.29) is 11.9 Å². The van der Waals surface area contributed by atoms with Gasteiger partial charge in [-0.15, -0.1) is 0 Å². The number of ether oxygens (including phenoxy) is 2. The van der Waals surface area contributed by atoms with Crippen LogP contribution in [0.4, 0.5) is 0 Å². The Bertz CT molecular complexity index is 1020. The van der Waals surface area contributed by atoms with E-state index in [1.807, 2.05) is 49.4 Å². The van der Waals surface area contributed by atoms with E-state index >= 15 is 0 Å². The molecular formula is C23H24ClNO4. The minimum absolute atomic E-state index is 0.0946. The molecule has 1 atom stereocenters. The average molecular weight is 414 g/mol. The molecule has 1 unspecified atom stereocenters. The lowest BCUT2D eigenvalue weighted by molar-refractivity contribution is -0.119. The molecule has 0 radical (unpaired) electrons. The molecule has 2 aromatic carbocycles. The lowest BCUT2D eigenvalue weighted by Gasteiger charge is -2.10. The first-order valence-corrected chi connectivity index (χ1v) is 10.2. The third-order valence-corrected chi connectivity index (χ3v) is 5.31. The molecule has 1 heterocycles. The third kappa shape index (κ3) is 5.04. The SMILES string of the molecule is CC(=O)NC(C)c1cc2cc(OCc3ccc(OCC4CC4)cc3Cl)ccc2o1. The number of halogens is 1. The summed E-state index contributed by atoms with van der Waals surface area (Å²) in [7, 11) is 0. The molecule has 29 heavy (non-hydrogen) atoms. The Kier molecular flexibility index (Phi) is 5.67. The van der Waals surface area contributed by atoms with Crippen molar-refractivity contribution in [1.82, 2.24) is 5.32 Å². The molecule has 0 bridgehead atoms. The minimum Gasteiger partial charge on any atom is -0.493 e. The first kappa shape index (κ1) is 19.6. The molecule has 0 spiro atoms. The molecule has 152 valence electrons. The summed E-state index contributed by atoms with van der Waals surface area (Å²) >= 11 is 6.39. The summed E-state index contributed by atoms with van der Waals surface area (Å²) in [5, 5.41) is 4.38. The van der Waals surface area contributed by atoms with E-state index in [2.05, 4.69) is 5.32 Å². The Labute approximate surface area is 174 Å². The van der Waals surface area contributed by atoms with Gasteiger partial charge in [-0.3, -0.25) is 4.79 Å². The van der Waals surface area contributed by atoms with Crippen LogP contribution in [-0.4, -0.2) is 12.5 Å². The van der Waals surface area contributed by atoms with Crippen LogP contribution in [0.25, 0.3) is 11.0 Å². The van der Waals surface area contributed by atoms with Crippen LogP contribution in [0, 0.1) is 5.92 Å². The normalized spacial score (nSPS) is 14.6. The fourth-order valence-corrected chi connectivity index (χ4v) is 3.34. The first-order valence-electron chi connectivity index (χ1n) is 9.82. The molecule has 1 fully saturated rings. The second kappa shape index (κ2) is 8.37. The van der Waals surface area contributed by atoms with Crippen molar-refractivity contribution in [2.24, 2.45) is 5.92 Å². The molecule has 0 saturated heterocycles. The number of hydrogen-bond donors (Lipinski definition) is 1. The van der Waals surface area contributed by atoms with Gasteiger partial charge in [0, 0.05) is 17.9 Å². The van der Waals surface area contributed by atoms with Crippen molar-refractivity contribution in [2.45, 2.75) is 39.3 Å². The van der Waals surface area contributed by atoms with E-state index in [4.69, 9.17) is 25.5 Å². The molecule has 1 aliphatic rings. The van der Waals surface area contributed by atoms with Crippen molar-refractivity contribution < 1.29 is 18.7 Å². The summed E-state index contributed by atoms with van der Waals surface area (Å²) in [6.45, 7) is 4.50. The zero-order valence-corrected chi connectivity index (χ0v) is 17.3. The monoisotopic (exact) mass is 413 g/mol. The average Bonchev–Trinajstić information content (AvgIpc) is 3.41. The summed E-state index contributed by atoms with van der Waals surface area (Å²) in [6.07, 6.45) is 2.52. The van der Waals surface area contributed by atoms with Crippen LogP contribution in [0.2, 0.25) is 5.02 Å². The number of carbonyl (C=O) groups is 1. The molecule has 6 heteroatoms. The number of nitrogens with one attached hydrogen (secondary N) is 1. The second-order valence-electron chi connectivity index (χ2n) is 7.57. The topological polar surface area (TPSA) is 60.7 Å². The maximum absolute atomic E-state index is 11.2. The quantitative estimate of drug-likeness (QED) is 0.518. The van der Waals surface area contributed by atoms with Crippen molar-refractivity contribution in [3.8, 4) is 11.5 Å². The van der Waals surface area contributed by atoms with Gasteiger partial charge in [0.15, 0.2) is 0 Å². The number of hydrogen-bond acceptors (Lipinski definition) is 4. The number of rotatable bonds is 8. The molecular weight excluding hydrogens is 390 g/mol. The van der Waals surface area contributed by atoms with E-state index in [1.165, 1.54) is 19.8 Å². The van der Waals surface area contributed by atoms with Gasteiger partial charge in [-0.05, 0) is 62.1 Å². The zero-order chi connectivity index (χ0) is 20.4. The van der Waals surface area contributed by atoms with Crippen molar-refractivity contribution in [3.63, 3.8) is 0 Å². The summed E-state index contributed by atoms with van der Waals surface area (Å²) < 4.78 is 17.5. The van der Waals surface area contributed by atoms with Gasteiger partial charge >= 0.3 is 0 Å². The Hall–Kier alpha value is -2.66. The van der Waals surface area contributed by atoms with Crippen molar-refractivity contribution in [3.05, 3.63) is 58.8 Å². The van der Waals surface area contributed by atoms with Crippen LogP contribution in [-0.2, 0) is 11.4 Å². The number of amides is 1. The van der Waals surface area contributed by atoms with Crippen LogP contribution in [0.15, 0.2) is 46.9 Å². The lowest BCUT2D eigenvalue weighted by atomic mass is 10.2. The summed E-state index contributed by atoms with van der Waals surface area (Å²) in [6, 6.07) is 13.1.